The first-order valence-electron chi connectivity index (χ1n) is 6.67. The van der Waals surface area contributed by atoms with Crippen molar-refractivity contribution < 1.29 is 19.2 Å². The molecule has 0 aliphatic carbocycles. The van der Waals surface area contributed by atoms with Gasteiger partial charge in [-0.3, -0.25) is 4.90 Å². The molecule has 0 aromatic heterocycles. The van der Waals surface area contributed by atoms with Crippen LogP contribution in [0.15, 0.2) is 18.2 Å². The van der Waals surface area contributed by atoms with Gasteiger partial charge in [0.1, 0.15) is 18.2 Å². The highest BCUT2D eigenvalue weighted by atomic mass is 19.1. The lowest BCUT2D eigenvalue weighted by Crippen LogP contribution is -2.33. The summed E-state index contributed by atoms with van der Waals surface area (Å²) < 4.78 is 18.7. The van der Waals surface area contributed by atoms with E-state index in [9.17, 15) is 4.39 Å². The summed E-state index contributed by atoms with van der Waals surface area (Å²) in [5, 5.41) is 18.1. The fourth-order valence-electron chi connectivity index (χ4n) is 2.29. The normalized spacial score (nSPS) is 16.4. The minimum Gasteiger partial charge on any atom is -0.492 e. The average Bonchev–Trinajstić information content (AvgIpc) is 2.39. The zero-order valence-corrected chi connectivity index (χ0v) is 10.9. The lowest BCUT2D eigenvalue weighted by atomic mass is 9.80. The molecule has 0 spiro atoms. The van der Waals surface area contributed by atoms with Crippen LogP contribution in [-0.2, 0) is 0 Å². The third-order valence-electron chi connectivity index (χ3n) is 3.32. The van der Waals surface area contributed by atoms with Crippen LogP contribution >= 0.6 is 0 Å². The molecular weight excluding hydrogens is 248 g/mol. The standard InChI is InChI=1S/C13H19BFNO3/c15-12-8-11(14(17)18)9-13(10-12)19-7-6-16-4-2-1-3-5-16/h8-10,17-18H,1-7H2. The molecule has 2 rings (SSSR count). The van der Waals surface area contributed by atoms with Gasteiger partial charge in [-0.2, -0.15) is 0 Å². The van der Waals surface area contributed by atoms with E-state index in [-0.39, 0.29) is 5.46 Å². The molecule has 1 saturated heterocycles. The van der Waals surface area contributed by atoms with Crippen LogP contribution in [-0.4, -0.2) is 48.3 Å². The maximum atomic E-state index is 13.3. The second-order valence-corrected chi connectivity index (χ2v) is 4.84. The number of benzene rings is 1. The van der Waals surface area contributed by atoms with Gasteiger partial charge in [-0.05, 0) is 43.5 Å². The van der Waals surface area contributed by atoms with Crippen molar-refractivity contribution in [3.63, 3.8) is 0 Å². The van der Waals surface area contributed by atoms with Crippen LogP contribution in [0.5, 0.6) is 5.75 Å². The van der Waals surface area contributed by atoms with Crippen LogP contribution in [0.4, 0.5) is 4.39 Å². The van der Waals surface area contributed by atoms with E-state index in [2.05, 4.69) is 4.90 Å². The summed E-state index contributed by atoms with van der Waals surface area (Å²) in [7, 11) is -1.68. The molecule has 0 amide bonds. The van der Waals surface area contributed by atoms with Crippen LogP contribution in [0.25, 0.3) is 0 Å². The van der Waals surface area contributed by atoms with Gasteiger partial charge in [-0.1, -0.05) is 6.42 Å². The van der Waals surface area contributed by atoms with Crippen molar-refractivity contribution in [2.45, 2.75) is 19.3 Å². The molecule has 6 heteroatoms. The van der Waals surface area contributed by atoms with Gasteiger partial charge in [0, 0.05) is 12.6 Å². The number of hydrogen-bond donors (Lipinski definition) is 2. The van der Waals surface area contributed by atoms with Crippen LogP contribution in [0.3, 0.4) is 0 Å². The zero-order chi connectivity index (χ0) is 13.7. The highest BCUT2D eigenvalue weighted by Crippen LogP contribution is 2.12. The monoisotopic (exact) mass is 267 g/mol. The Hall–Kier alpha value is -1.11. The Morgan fingerprint density at radius 2 is 1.89 bits per heavy atom. The van der Waals surface area contributed by atoms with Crippen LogP contribution in [0, 0.1) is 5.82 Å². The predicted octanol–water partition coefficient (Wildman–Crippen LogP) is 0.370. The van der Waals surface area contributed by atoms with Crippen molar-refractivity contribution in [1.29, 1.82) is 0 Å². The van der Waals surface area contributed by atoms with Crippen LogP contribution < -0.4 is 10.2 Å². The maximum Gasteiger partial charge on any atom is 0.488 e. The number of hydrogen-bond acceptors (Lipinski definition) is 4. The van der Waals surface area contributed by atoms with Gasteiger partial charge in [0.2, 0.25) is 0 Å². The summed E-state index contributed by atoms with van der Waals surface area (Å²) in [6.45, 7) is 3.47. The number of ether oxygens (including phenoxy) is 1. The number of likely N-dealkylation sites (tertiary alicyclic amines) is 1. The van der Waals surface area contributed by atoms with Crippen LogP contribution in [0.1, 0.15) is 19.3 Å². The molecule has 19 heavy (non-hydrogen) atoms. The minimum atomic E-state index is -1.68. The van der Waals surface area contributed by atoms with E-state index in [1.54, 1.807) is 0 Å². The van der Waals surface area contributed by atoms with Gasteiger partial charge in [-0.25, -0.2) is 4.39 Å². The van der Waals surface area contributed by atoms with Crippen molar-refractivity contribution in [3.8, 4) is 5.75 Å². The summed E-state index contributed by atoms with van der Waals surface area (Å²) in [4.78, 5) is 2.32. The second kappa shape index (κ2) is 6.89. The summed E-state index contributed by atoms with van der Waals surface area (Å²) >= 11 is 0. The third-order valence-corrected chi connectivity index (χ3v) is 3.32. The first-order chi connectivity index (χ1) is 9.15. The molecule has 0 radical (unpaired) electrons. The van der Waals surface area contributed by atoms with E-state index in [1.807, 2.05) is 0 Å². The summed E-state index contributed by atoms with van der Waals surface area (Å²) in [5.41, 5.74) is 0.105. The Bertz CT molecular complexity index is 411. The van der Waals surface area contributed by atoms with E-state index >= 15 is 0 Å². The fraction of sp³-hybridized carbons (Fsp3) is 0.538. The molecule has 1 heterocycles. The first-order valence-corrected chi connectivity index (χ1v) is 6.67. The lowest BCUT2D eigenvalue weighted by molar-refractivity contribution is 0.183. The molecule has 1 aromatic carbocycles. The molecule has 0 saturated carbocycles. The highest BCUT2D eigenvalue weighted by molar-refractivity contribution is 6.58. The van der Waals surface area contributed by atoms with Crippen molar-refractivity contribution in [2.24, 2.45) is 0 Å². The Morgan fingerprint density at radius 3 is 2.58 bits per heavy atom. The fourth-order valence-corrected chi connectivity index (χ4v) is 2.29. The average molecular weight is 267 g/mol. The topological polar surface area (TPSA) is 52.9 Å². The smallest absolute Gasteiger partial charge is 0.488 e. The molecule has 1 aromatic rings. The third kappa shape index (κ3) is 4.49. The molecule has 0 atom stereocenters. The summed E-state index contributed by atoms with van der Waals surface area (Å²) in [6, 6.07) is 3.79. The van der Waals surface area contributed by atoms with E-state index in [4.69, 9.17) is 14.8 Å². The number of piperidine rings is 1. The summed E-state index contributed by atoms with van der Waals surface area (Å²) in [5.74, 6) is -0.196. The van der Waals surface area contributed by atoms with Gasteiger partial charge in [0.05, 0.1) is 0 Å². The number of halogens is 1. The highest BCUT2D eigenvalue weighted by Gasteiger charge is 2.14. The van der Waals surface area contributed by atoms with Gasteiger partial charge in [0.15, 0.2) is 0 Å². The van der Waals surface area contributed by atoms with E-state index in [0.717, 1.165) is 25.7 Å². The first kappa shape index (κ1) is 14.3. The molecule has 4 nitrogen and oxygen atoms in total. The second-order valence-electron chi connectivity index (χ2n) is 4.84. The van der Waals surface area contributed by atoms with Gasteiger partial charge in [0.25, 0.3) is 0 Å². The Kier molecular flexibility index (Phi) is 5.19. The number of nitrogens with zero attached hydrogens (tertiary/aromatic N) is 1. The van der Waals surface area contributed by atoms with E-state index < -0.39 is 12.9 Å². The van der Waals surface area contributed by atoms with Crippen molar-refractivity contribution >= 4 is 12.6 Å². The van der Waals surface area contributed by atoms with Crippen LogP contribution in [0.2, 0.25) is 0 Å². The predicted molar refractivity (Wildman–Crippen MR) is 72.0 cm³/mol. The molecule has 2 N–H and O–H groups in total. The van der Waals surface area contributed by atoms with E-state index in [1.165, 1.54) is 31.4 Å². The largest absolute Gasteiger partial charge is 0.492 e. The lowest BCUT2D eigenvalue weighted by Gasteiger charge is -2.26. The SMILES string of the molecule is OB(O)c1cc(F)cc(OCCN2CCCCC2)c1. The van der Waals surface area contributed by atoms with Crippen molar-refractivity contribution in [1.82, 2.24) is 4.90 Å². The minimum absolute atomic E-state index is 0.105. The van der Waals surface area contributed by atoms with Crippen molar-refractivity contribution in [3.05, 3.63) is 24.0 Å². The summed E-state index contributed by atoms with van der Waals surface area (Å²) in [6.07, 6.45) is 3.74. The van der Waals surface area contributed by atoms with Crippen molar-refractivity contribution in [2.75, 3.05) is 26.2 Å². The number of rotatable bonds is 5. The molecule has 0 unspecified atom stereocenters. The zero-order valence-electron chi connectivity index (χ0n) is 10.9. The molecule has 1 aliphatic heterocycles. The maximum absolute atomic E-state index is 13.3. The van der Waals surface area contributed by atoms with E-state index in [0.29, 0.717) is 12.4 Å². The van der Waals surface area contributed by atoms with Gasteiger partial charge < -0.3 is 14.8 Å². The Balaban J connectivity index is 1.84. The van der Waals surface area contributed by atoms with Gasteiger partial charge in [-0.15, -0.1) is 0 Å². The molecule has 0 bridgehead atoms. The Labute approximate surface area is 113 Å². The molecular formula is C13H19BFNO3. The molecule has 1 aliphatic rings. The molecule has 1 fully saturated rings. The Morgan fingerprint density at radius 1 is 1.16 bits per heavy atom. The van der Waals surface area contributed by atoms with Gasteiger partial charge >= 0.3 is 7.12 Å². The quantitative estimate of drug-likeness (QED) is 0.757. The molecule has 104 valence electrons.